The van der Waals surface area contributed by atoms with Gasteiger partial charge >= 0.3 is 0 Å². The van der Waals surface area contributed by atoms with E-state index in [-0.39, 0.29) is 0 Å². The average molecular weight is 315 g/mol. The number of hydrogen-bond donors (Lipinski definition) is 0. The topological polar surface area (TPSA) is 28.1 Å². The fourth-order valence-electron chi connectivity index (χ4n) is 2.67. The van der Waals surface area contributed by atoms with Crippen molar-refractivity contribution < 1.29 is 4.74 Å². The number of thiophene rings is 1. The quantitative estimate of drug-likeness (QED) is 0.810. The second-order valence-electron chi connectivity index (χ2n) is 5.28. The van der Waals surface area contributed by atoms with E-state index in [0.29, 0.717) is 0 Å². The number of para-hydroxylation sites is 2. The minimum Gasteiger partial charge on any atom is -0.495 e. The van der Waals surface area contributed by atoms with Crippen molar-refractivity contribution in [1.29, 1.82) is 0 Å². The van der Waals surface area contributed by atoms with Crippen molar-refractivity contribution in [2.24, 2.45) is 5.10 Å². The molecule has 0 saturated carbocycles. The highest BCUT2D eigenvalue weighted by Crippen LogP contribution is 2.28. The largest absolute Gasteiger partial charge is 0.495 e. The Morgan fingerprint density at radius 2 is 1.86 bits per heavy atom. The zero-order valence-electron chi connectivity index (χ0n) is 13.0. The van der Waals surface area contributed by atoms with Crippen LogP contribution in [0.2, 0.25) is 0 Å². The fourth-order valence-corrected chi connectivity index (χ4v) is 3.35. The van der Waals surface area contributed by atoms with Gasteiger partial charge in [-0.15, -0.1) is 11.3 Å². The second-order valence-corrected chi connectivity index (χ2v) is 6.22. The van der Waals surface area contributed by atoms with Crippen LogP contribution in [-0.2, 0) is 0 Å². The number of nitrogens with zero attached hydrogens (tertiary/aromatic N) is 3. The highest BCUT2D eigenvalue weighted by molar-refractivity contribution is 7.12. The lowest BCUT2D eigenvalue weighted by atomic mass is 10.2. The van der Waals surface area contributed by atoms with Crippen molar-refractivity contribution in [2.75, 3.05) is 38.2 Å². The molecule has 0 atom stereocenters. The predicted octanol–water partition coefficient (Wildman–Crippen LogP) is 3.30. The molecule has 1 aromatic heterocycles. The number of rotatable bonds is 4. The molecule has 1 aliphatic rings. The molecule has 2 heterocycles. The smallest absolute Gasteiger partial charge is 0.142 e. The van der Waals surface area contributed by atoms with Gasteiger partial charge in [0.1, 0.15) is 5.75 Å². The average Bonchev–Trinajstić information content (AvgIpc) is 3.10. The number of ether oxygens (including phenoxy) is 1. The van der Waals surface area contributed by atoms with Crippen LogP contribution in [0, 0.1) is 0 Å². The van der Waals surface area contributed by atoms with Crippen LogP contribution in [0.15, 0.2) is 46.9 Å². The summed E-state index contributed by atoms with van der Waals surface area (Å²) in [6.45, 7) is 5.86. The molecule has 0 aliphatic carbocycles. The molecule has 4 nitrogen and oxygen atoms in total. The number of methoxy groups -OCH3 is 1. The molecule has 0 radical (unpaired) electrons. The first-order valence-corrected chi connectivity index (χ1v) is 8.38. The van der Waals surface area contributed by atoms with Gasteiger partial charge in [-0.25, -0.2) is 0 Å². The van der Waals surface area contributed by atoms with Gasteiger partial charge in [0, 0.05) is 18.0 Å². The van der Waals surface area contributed by atoms with E-state index in [1.807, 2.05) is 12.1 Å². The Kier molecular flexibility index (Phi) is 4.63. The van der Waals surface area contributed by atoms with Crippen LogP contribution in [0.25, 0.3) is 0 Å². The predicted molar refractivity (Wildman–Crippen MR) is 93.3 cm³/mol. The molecule has 1 fully saturated rings. The molecule has 0 amide bonds. The zero-order chi connectivity index (χ0) is 15.4. The maximum atomic E-state index is 5.46. The summed E-state index contributed by atoms with van der Waals surface area (Å²) in [7, 11) is 1.73. The summed E-state index contributed by atoms with van der Waals surface area (Å²) in [5, 5.41) is 9.01. The molecule has 0 spiro atoms. The maximum Gasteiger partial charge on any atom is 0.142 e. The number of hydrogen-bond acceptors (Lipinski definition) is 5. The van der Waals surface area contributed by atoms with Gasteiger partial charge in [0.05, 0.1) is 31.6 Å². The van der Waals surface area contributed by atoms with Crippen LogP contribution in [-0.4, -0.2) is 44.0 Å². The highest BCUT2D eigenvalue weighted by atomic mass is 32.1. The Morgan fingerprint density at radius 1 is 1.09 bits per heavy atom. The molecule has 0 N–H and O–H groups in total. The molecular weight excluding hydrogens is 294 g/mol. The summed E-state index contributed by atoms with van der Waals surface area (Å²) in [5.74, 6) is 0.939. The molecular formula is C17H21N3OS. The van der Waals surface area contributed by atoms with Gasteiger partial charge in [0.25, 0.3) is 0 Å². The molecule has 1 aliphatic heterocycles. The van der Waals surface area contributed by atoms with Gasteiger partial charge in [0.2, 0.25) is 0 Å². The van der Waals surface area contributed by atoms with E-state index in [9.17, 15) is 0 Å². The van der Waals surface area contributed by atoms with Crippen LogP contribution >= 0.6 is 11.3 Å². The van der Waals surface area contributed by atoms with E-state index in [0.717, 1.165) is 37.6 Å². The zero-order valence-corrected chi connectivity index (χ0v) is 13.8. The molecule has 1 saturated heterocycles. The van der Waals surface area contributed by atoms with E-state index in [4.69, 9.17) is 9.84 Å². The number of hydrazone groups is 1. The molecule has 1 aromatic carbocycles. The molecule has 3 rings (SSSR count). The third kappa shape index (κ3) is 3.25. The van der Waals surface area contributed by atoms with E-state index in [1.165, 1.54) is 10.6 Å². The minimum absolute atomic E-state index is 0.931. The van der Waals surface area contributed by atoms with E-state index in [2.05, 4.69) is 46.5 Å². The van der Waals surface area contributed by atoms with Gasteiger partial charge < -0.3 is 9.64 Å². The van der Waals surface area contributed by atoms with Crippen molar-refractivity contribution >= 4 is 22.7 Å². The molecule has 5 heteroatoms. The number of anilines is 1. The van der Waals surface area contributed by atoms with Crippen molar-refractivity contribution in [3.05, 3.63) is 46.7 Å². The monoisotopic (exact) mass is 315 g/mol. The third-order valence-electron chi connectivity index (χ3n) is 3.85. The number of piperazine rings is 1. The lowest BCUT2D eigenvalue weighted by molar-refractivity contribution is 0.269. The second kappa shape index (κ2) is 6.83. The first kappa shape index (κ1) is 14.9. The fraction of sp³-hybridized carbons (Fsp3) is 0.353. The van der Waals surface area contributed by atoms with Crippen LogP contribution in [0.5, 0.6) is 5.75 Å². The van der Waals surface area contributed by atoms with Gasteiger partial charge in [-0.05, 0) is 30.5 Å². The summed E-state index contributed by atoms with van der Waals surface area (Å²) < 4.78 is 5.46. The molecule has 116 valence electrons. The van der Waals surface area contributed by atoms with Gasteiger partial charge in [-0.3, -0.25) is 5.01 Å². The lowest BCUT2D eigenvalue weighted by Crippen LogP contribution is -2.44. The molecule has 2 aromatic rings. The molecule has 0 unspecified atom stereocenters. The van der Waals surface area contributed by atoms with Crippen molar-refractivity contribution in [1.82, 2.24) is 5.01 Å². The first-order valence-electron chi connectivity index (χ1n) is 7.50. The summed E-state index contributed by atoms with van der Waals surface area (Å²) in [6.07, 6.45) is 0. The highest BCUT2D eigenvalue weighted by Gasteiger charge is 2.18. The van der Waals surface area contributed by atoms with Gasteiger partial charge in [-0.1, -0.05) is 18.2 Å². The Labute approximate surface area is 135 Å². The van der Waals surface area contributed by atoms with Crippen LogP contribution in [0.4, 0.5) is 5.69 Å². The summed E-state index contributed by atoms with van der Waals surface area (Å²) in [6, 6.07) is 12.4. The SMILES string of the molecule is COc1ccccc1N1CCN(/N=C(/C)c2cccs2)CC1. The van der Waals surface area contributed by atoms with Gasteiger partial charge in [-0.2, -0.15) is 5.10 Å². The van der Waals surface area contributed by atoms with Crippen molar-refractivity contribution in [2.45, 2.75) is 6.92 Å². The molecule has 22 heavy (non-hydrogen) atoms. The Morgan fingerprint density at radius 3 is 2.55 bits per heavy atom. The van der Waals surface area contributed by atoms with Crippen LogP contribution in [0.1, 0.15) is 11.8 Å². The summed E-state index contributed by atoms with van der Waals surface area (Å²) >= 11 is 1.74. The first-order chi connectivity index (χ1) is 10.8. The minimum atomic E-state index is 0.931. The Bertz CT molecular complexity index is 631. The maximum absolute atomic E-state index is 5.46. The number of benzene rings is 1. The van der Waals surface area contributed by atoms with Crippen LogP contribution in [0.3, 0.4) is 0 Å². The lowest BCUT2D eigenvalue weighted by Gasteiger charge is -2.35. The van der Waals surface area contributed by atoms with Crippen molar-refractivity contribution in [3.8, 4) is 5.75 Å². The summed E-state index contributed by atoms with van der Waals surface area (Å²) in [4.78, 5) is 3.61. The van der Waals surface area contributed by atoms with E-state index < -0.39 is 0 Å². The van der Waals surface area contributed by atoms with Gasteiger partial charge in [0.15, 0.2) is 0 Å². The van der Waals surface area contributed by atoms with E-state index >= 15 is 0 Å². The van der Waals surface area contributed by atoms with Crippen LogP contribution < -0.4 is 9.64 Å². The Hall–Kier alpha value is -2.01. The van der Waals surface area contributed by atoms with Crippen molar-refractivity contribution in [3.63, 3.8) is 0 Å². The summed E-state index contributed by atoms with van der Waals surface area (Å²) in [5.41, 5.74) is 2.27. The van der Waals surface area contributed by atoms with E-state index in [1.54, 1.807) is 18.4 Å². The normalized spacial score (nSPS) is 16.0. The third-order valence-corrected chi connectivity index (χ3v) is 4.83. The molecule has 0 bridgehead atoms. The standard InChI is InChI=1S/C17H21N3OS/c1-14(17-8-5-13-22-17)18-20-11-9-19(10-12-20)15-6-3-4-7-16(15)21-2/h3-8,13H,9-12H2,1-2H3/b18-14-. The Balaban J connectivity index is 1.64.